The van der Waals surface area contributed by atoms with Crippen LogP contribution in [0.15, 0.2) is 16.6 Å². The Morgan fingerprint density at radius 1 is 1.08 bits per heavy atom. The average Bonchev–Trinajstić information content (AvgIpc) is 2.48. The van der Waals surface area contributed by atoms with E-state index in [1.807, 2.05) is 0 Å². The number of alkyl halides is 3. The van der Waals surface area contributed by atoms with Crippen molar-refractivity contribution in [3.63, 3.8) is 0 Å². The predicted octanol–water partition coefficient (Wildman–Crippen LogP) is 3.82. The van der Waals surface area contributed by atoms with E-state index in [1.165, 1.54) is 31.3 Å². The summed E-state index contributed by atoms with van der Waals surface area (Å²) in [7, 11) is 2.83. The number of rotatable bonds is 4. The molecule has 1 aliphatic rings. The van der Waals surface area contributed by atoms with E-state index < -0.39 is 12.2 Å². The highest BCUT2D eigenvalue weighted by Crippen LogP contribution is 2.43. The number of ether oxygens (including phenoxy) is 2. The van der Waals surface area contributed by atoms with Crippen molar-refractivity contribution in [3.05, 3.63) is 22.2 Å². The number of piperazine rings is 1. The van der Waals surface area contributed by atoms with Crippen LogP contribution < -0.4 is 14.8 Å². The van der Waals surface area contributed by atoms with E-state index in [1.54, 1.807) is 0 Å². The molecule has 24 heavy (non-hydrogen) atoms. The van der Waals surface area contributed by atoms with Gasteiger partial charge in [-0.05, 0) is 33.6 Å². The lowest BCUT2D eigenvalue weighted by molar-refractivity contribution is -0.187. The quantitative estimate of drug-likeness (QED) is 0.748. The van der Waals surface area contributed by atoms with Gasteiger partial charge in [0.05, 0.1) is 14.2 Å². The molecule has 140 valence electrons. The van der Waals surface area contributed by atoms with E-state index in [9.17, 15) is 13.2 Å². The number of hydrogen-bond donors (Lipinski definition) is 1. The van der Waals surface area contributed by atoms with Crippen LogP contribution in [0.25, 0.3) is 0 Å². The summed E-state index contributed by atoms with van der Waals surface area (Å²) in [5, 5.41) is 3.06. The van der Waals surface area contributed by atoms with E-state index in [2.05, 4.69) is 21.2 Å². The summed E-state index contributed by atoms with van der Waals surface area (Å²) in [6.07, 6.45) is -4.37. The summed E-state index contributed by atoms with van der Waals surface area (Å²) in [5.41, 5.74) is 0.117. The van der Waals surface area contributed by atoms with Crippen LogP contribution in [0.4, 0.5) is 13.2 Å². The zero-order valence-electron chi connectivity index (χ0n) is 13.2. The molecule has 1 N–H and O–H groups in total. The molecular weight excluding hydrogens is 436 g/mol. The lowest BCUT2D eigenvalue weighted by Gasteiger charge is -2.36. The van der Waals surface area contributed by atoms with Gasteiger partial charge in [0.1, 0.15) is 22.0 Å². The number of benzene rings is 1. The molecule has 1 fully saturated rings. The van der Waals surface area contributed by atoms with Crippen LogP contribution in [0.2, 0.25) is 0 Å². The monoisotopic (exact) mass is 454 g/mol. The SMILES string of the molecule is COc1cc([C@@H](N2CCNCC2)C(F)(F)F)cc(OC)c1Br.Cl.Cl. The highest BCUT2D eigenvalue weighted by atomic mass is 79.9. The first-order chi connectivity index (χ1) is 10.4. The smallest absolute Gasteiger partial charge is 0.408 e. The Balaban J connectivity index is 0.00000264. The predicted molar refractivity (Wildman–Crippen MR) is 95.0 cm³/mol. The first kappa shape index (κ1) is 23.6. The van der Waals surface area contributed by atoms with Crippen LogP contribution in [0.5, 0.6) is 11.5 Å². The Hall–Kier alpha value is -0.410. The second kappa shape index (κ2) is 9.91. The first-order valence-corrected chi connectivity index (χ1v) is 7.60. The Kier molecular flexibility index (Phi) is 9.74. The first-order valence-electron chi connectivity index (χ1n) is 6.81. The standard InChI is InChI=1S/C14H18BrF3N2O2.2ClH/c1-21-10-7-9(8-11(22-2)12(10)15)13(14(16,17)18)20-5-3-19-4-6-20;;/h7-8,13,19H,3-6H2,1-2H3;2*1H/t13-;;/m1../s1. The van der Waals surface area contributed by atoms with Crippen LogP contribution in [0, 0.1) is 0 Å². The normalized spacial score (nSPS) is 16.6. The molecule has 1 aromatic carbocycles. The van der Waals surface area contributed by atoms with Crippen LogP contribution in [0.1, 0.15) is 11.6 Å². The second-order valence-electron chi connectivity index (χ2n) is 4.97. The molecule has 0 bridgehead atoms. The Morgan fingerprint density at radius 2 is 1.54 bits per heavy atom. The molecular formula is C14H20BrCl2F3N2O2. The molecule has 4 nitrogen and oxygen atoms in total. The molecule has 0 amide bonds. The number of methoxy groups -OCH3 is 2. The van der Waals surface area contributed by atoms with Gasteiger partial charge in [-0.3, -0.25) is 4.90 Å². The third-order valence-electron chi connectivity index (χ3n) is 3.61. The number of nitrogens with zero attached hydrogens (tertiary/aromatic N) is 1. The summed E-state index contributed by atoms with van der Waals surface area (Å²) in [4.78, 5) is 1.43. The van der Waals surface area contributed by atoms with Crippen molar-refractivity contribution in [1.29, 1.82) is 0 Å². The summed E-state index contributed by atoms with van der Waals surface area (Å²) in [6.45, 7) is 1.75. The van der Waals surface area contributed by atoms with Crippen molar-refractivity contribution in [2.75, 3.05) is 40.4 Å². The maximum Gasteiger partial charge on any atom is 0.408 e. The van der Waals surface area contributed by atoms with Crippen molar-refractivity contribution in [2.45, 2.75) is 12.2 Å². The lowest BCUT2D eigenvalue weighted by Crippen LogP contribution is -2.49. The van der Waals surface area contributed by atoms with Crippen LogP contribution >= 0.6 is 40.7 Å². The van der Waals surface area contributed by atoms with Gasteiger partial charge in [0.15, 0.2) is 0 Å². The molecule has 1 aromatic rings. The average molecular weight is 456 g/mol. The molecule has 1 saturated heterocycles. The molecule has 1 heterocycles. The topological polar surface area (TPSA) is 33.7 Å². The molecule has 0 aromatic heterocycles. The molecule has 1 atom stereocenters. The zero-order valence-corrected chi connectivity index (χ0v) is 16.4. The second-order valence-corrected chi connectivity index (χ2v) is 5.76. The zero-order chi connectivity index (χ0) is 16.3. The fourth-order valence-electron chi connectivity index (χ4n) is 2.59. The van der Waals surface area contributed by atoms with E-state index in [4.69, 9.17) is 9.47 Å². The summed E-state index contributed by atoms with van der Waals surface area (Å²) >= 11 is 3.28. The highest BCUT2D eigenvalue weighted by Gasteiger charge is 2.45. The minimum Gasteiger partial charge on any atom is -0.495 e. The van der Waals surface area contributed by atoms with Crippen molar-refractivity contribution in [3.8, 4) is 11.5 Å². The third kappa shape index (κ3) is 5.29. The van der Waals surface area contributed by atoms with Gasteiger partial charge < -0.3 is 14.8 Å². The van der Waals surface area contributed by atoms with Gasteiger partial charge in [-0.15, -0.1) is 24.8 Å². The minimum atomic E-state index is -4.37. The summed E-state index contributed by atoms with van der Waals surface area (Å²) < 4.78 is 51.6. The van der Waals surface area contributed by atoms with E-state index in [0.717, 1.165) is 0 Å². The third-order valence-corrected chi connectivity index (χ3v) is 4.39. The van der Waals surface area contributed by atoms with Gasteiger partial charge in [-0.2, -0.15) is 13.2 Å². The van der Waals surface area contributed by atoms with Gasteiger partial charge in [0, 0.05) is 26.2 Å². The molecule has 0 radical (unpaired) electrons. The van der Waals surface area contributed by atoms with Gasteiger partial charge in [-0.1, -0.05) is 0 Å². The maximum absolute atomic E-state index is 13.6. The van der Waals surface area contributed by atoms with E-state index >= 15 is 0 Å². The molecule has 2 rings (SSSR count). The molecule has 1 aliphatic heterocycles. The lowest BCUT2D eigenvalue weighted by atomic mass is 10.0. The fraction of sp³-hybridized carbons (Fsp3) is 0.571. The van der Waals surface area contributed by atoms with Crippen LogP contribution in [-0.4, -0.2) is 51.5 Å². The van der Waals surface area contributed by atoms with Crippen LogP contribution in [0.3, 0.4) is 0 Å². The molecule has 10 heteroatoms. The Morgan fingerprint density at radius 3 is 1.92 bits per heavy atom. The van der Waals surface area contributed by atoms with Crippen molar-refractivity contribution < 1.29 is 22.6 Å². The van der Waals surface area contributed by atoms with Gasteiger partial charge >= 0.3 is 6.18 Å². The van der Waals surface area contributed by atoms with Gasteiger partial charge in [0.2, 0.25) is 0 Å². The highest BCUT2D eigenvalue weighted by molar-refractivity contribution is 9.10. The van der Waals surface area contributed by atoms with Crippen molar-refractivity contribution >= 4 is 40.7 Å². The van der Waals surface area contributed by atoms with Crippen molar-refractivity contribution in [1.82, 2.24) is 10.2 Å². The number of hydrogen-bond acceptors (Lipinski definition) is 4. The van der Waals surface area contributed by atoms with Crippen molar-refractivity contribution in [2.24, 2.45) is 0 Å². The van der Waals surface area contributed by atoms with Crippen LogP contribution in [-0.2, 0) is 0 Å². The minimum absolute atomic E-state index is 0. The van der Waals surface area contributed by atoms with Gasteiger partial charge in [0.25, 0.3) is 0 Å². The maximum atomic E-state index is 13.6. The molecule has 0 saturated carbocycles. The van der Waals surface area contributed by atoms with E-state index in [0.29, 0.717) is 42.2 Å². The Labute approximate surface area is 160 Å². The number of halogens is 6. The van der Waals surface area contributed by atoms with Gasteiger partial charge in [-0.25, -0.2) is 0 Å². The number of nitrogens with one attached hydrogen (secondary N) is 1. The summed E-state index contributed by atoms with van der Waals surface area (Å²) in [5.74, 6) is 0.637. The largest absolute Gasteiger partial charge is 0.495 e. The molecule has 0 aliphatic carbocycles. The Bertz CT molecular complexity index is 504. The molecule has 0 unspecified atom stereocenters. The molecule has 0 spiro atoms. The van der Waals surface area contributed by atoms with E-state index in [-0.39, 0.29) is 30.4 Å². The summed E-state index contributed by atoms with van der Waals surface area (Å²) in [6, 6.07) is 1.14. The fourth-order valence-corrected chi connectivity index (χ4v) is 3.15.